The van der Waals surface area contributed by atoms with Gasteiger partial charge in [0.25, 0.3) is 16.1 Å². The second kappa shape index (κ2) is 7.76. The normalized spacial score (nSPS) is 27.7. The van der Waals surface area contributed by atoms with E-state index in [1.165, 1.54) is 17.1 Å². The van der Waals surface area contributed by atoms with Gasteiger partial charge < -0.3 is 5.32 Å². The van der Waals surface area contributed by atoms with Crippen LogP contribution >= 0.6 is 23.2 Å². The van der Waals surface area contributed by atoms with Gasteiger partial charge in [0.1, 0.15) is 0 Å². The SMILES string of the molecule is O=C(NC[C@]1(CC2CC2)C[C@@H](NS(=O)(=O)N2CCC2)C1)c1ccc(Cl)cc1Cl. The first-order valence-corrected chi connectivity index (χ1v) is 12.0. The van der Waals surface area contributed by atoms with Crippen LogP contribution in [-0.4, -0.2) is 44.3 Å². The third kappa shape index (κ3) is 4.49. The number of hydrogen-bond acceptors (Lipinski definition) is 3. The second-order valence-corrected chi connectivity index (χ2v) is 11.0. The van der Waals surface area contributed by atoms with E-state index >= 15 is 0 Å². The molecule has 1 aliphatic heterocycles. The Kier molecular flexibility index (Phi) is 5.66. The summed E-state index contributed by atoms with van der Waals surface area (Å²) in [5.41, 5.74) is 0.361. The molecule has 2 aliphatic carbocycles. The first-order chi connectivity index (χ1) is 13.3. The largest absolute Gasteiger partial charge is 0.351 e. The summed E-state index contributed by atoms with van der Waals surface area (Å²) < 4.78 is 28.9. The highest BCUT2D eigenvalue weighted by Gasteiger charge is 2.48. The van der Waals surface area contributed by atoms with E-state index in [0.29, 0.717) is 41.2 Å². The summed E-state index contributed by atoms with van der Waals surface area (Å²) in [6.07, 6.45) is 5.92. The van der Waals surface area contributed by atoms with E-state index in [4.69, 9.17) is 23.2 Å². The zero-order valence-electron chi connectivity index (χ0n) is 15.6. The van der Waals surface area contributed by atoms with Gasteiger partial charge in [-0.3, -0.25) is 4.79 Å². The lowest BCUT2D eigenvalue weighted by molar-refractivity contribution is 0.0652. The molecule has 1 heterocycles. The van der Waals surface area contributed by atoms with Gasteiger partial charge in [0.05, 0.1) is 10.6 Å². The zero-order chi connectivity index (χ0) is 19.9. The Balaban J connectivity index is 1.35. The van der Waals surface area contributed by atoms with Gasteiger partial charge in [-0.2, -0.15) is 17.4 Å². The highest BCUT2D eigenvalue weighted by Crippen LogP contribution is 2.51. The van der Waals surface area contributed by atoms with E-state index < -0.39 is 10.2 Å². The molecule has 3 fully saturated rings. The van der Waals surface area contributed by atoms with Crippen LogP contribution in [0.3, 0.4) is 0 Å². The Bertz CT molecular complexity index is 863. The number of hydrogen-bond donors (Lipinski definition) is 2. The molecule has 2 saturated carbocycles. The van der Waals surface area contributed by atoms with Crippen LogP contribution in [0.5, 0.6) is 0 Å². The molecule has 1 aromatic rings. The van der Waals surface area contributed by atoms with E-state index in [2.05, 4.69) is 10.0 Å². The minimum Gasteiger partial charge on any atom is -0.351 e. The molecule has 1 aromatic carbocycles. The molecular weight excluding hydrogens is 421 g/mol. The first kappa shape index (κ1) is 20.4. The number of carbonyl (C=O) groups is 1. The van der Waals surface area contributed by atoms with Crippen LogP contribution in [0.15, 0.2) is 18.2 Å². The van der Waals surface area contributed by atoms with Gasteiger partial charge in [-0.05, 0) is 55.2 Å². The maximum Gasteiger partial charge on any atom is 0.279 e. The van der Waals surface area contributed by atoms with Gasteiger partial charge >= 0.3 is 0 Å². The fourth-order valence-corrected chi connectivity index (χ4v) is 6.21. The lowest BCUT2D eigenvalue weighted by atomic mass is 9.63. The maximum absolute atomic E-state index is 12.6. The van der Waals surface area contributed by atoms with E-state index in [9.17, 15) is 13.2 Å². The van der Waals surface area contributed by atoms with Crippen LogP contribution in [0.25, 0.3) is 0 Å². The average Bonchev–Trinajstić information content (AvgIpc) is 3.32. The minimum atomic E-state index is -3.36. The summed E-state index contributed by atoms with van der Waals surface area (Å²) in [6.45, 7) is 1.74. The molecule has 6 nitrogen and oxygen atoms in total. The number of nitrogens with zero attached hydrogens (tertiary/aromatic N) is 1. The smallest absolute Gasteiger partial charge is 0.279 e. The van der Waals surface area contributed by atoms with Crippen molar-refractivity contribution in [2.45, 2.75) is 44.6 Å². The van der Waals surface area contributed by atoms with E-state index in [-0.39, 0.29) is 17.4 Å². The first-order valence-electron chi connectivity index (χ1n) is 9.77. The highest BCUT2D eigenvalue weighted by atomic mass is 35.5. The molecule has 154 valence electrons. The second-order valence-electron chi connectivity index (χ2n) is 8.44. The molecule has 28 heavy (non-hydrogen) atoms. The van der Waals surface area contributed by atoms with Crippen molar-refractivity contribution in [2.24, 2.45) is 11.3 Å². The molecule has 1 amide bonds. The van der Waals surface area contributed by atoms with Gasteiger partial charge in [-0.15, -0.1) is 0 Å². The van der Waals surface area contributed by atoms with Gasteiger partial charge in [-0.1, -0.05) is 36.0 Å². The van der Waals surface area contributed by atoms with Gasteiger partial charge in [0.2, 0.25) is 0 Å². The molecule has 0 aromatic heterocycles. The average molecular weight is 446 g/mol. The topological polar surface area (TPSA) is 78.5 Å². The van der Waals surface area contributed by atoms with Crippen molar-refractivity contribution in [1.29, 1.82) is 0 Å². The molecule has 0 unspecified atom stereocenters. The number of benzene rings is 1. The monoisotopic (exact) mass is 445 g/mol. The van der Waals surface area contributed by atoms with Gasteiger partial charge in [-0.25, -0.2) is 0 Å². The van der Waals surface area contributed by atoms with Crippen molar-refractivity contribution in [2.75, 3.05) is 19.6 Å². The van der Waals surface area contributed by atoms with Crippen molar-refractivity contribution in [3.05, 3.63) is 33.8 Å². The van der Waals surface area contributed by atoms with Crippen molar-refractivity contribution in [1.82, 2.24) is 14.3 Å². The van der Waals surface area contributed by atoms with Crippen LogP contribution in [-0.2, 0) is 10.2 Å². The fraction of sp³-hybridized carbons (Fsp3) is 0.632. The zero-order valence-corrected chi connectivity index (χ0v) is 17.9. The number of halogens is 2. The number of rotatable bonds is 8. The Hall–Kier alpha value is -0.860. The quantitative estimate of drug-likeness (QED) is 0.644. The lowest BCUT2D eigenvalue weighted by Crippen LogP contribution is -2.58. The van der Waals surface area contributed by atoms with Gasteiger partial charge in [0, 0.05) is 30.7 Å². The van der Waals surface area contributed by atoms with Gasteiger partial charge in [0.15, 0.2) is 0 Å². The van der Waals surface area contributed by atoms with Crippen molar-refractivity contribution in [3.63, 3.8) is 0 Å². The molecule has 9 heteroatoms. The van der Waals surface area contributed by atoms with Crippen molar-refractivity contribution in [3.8, 4) is 0 Å². The summed E-state index contributed by atoms with van der Waals surface area (Å²) in [5, 5.41) is 3.83. The fourth-order valence-electron chi connectivity index (χ4n) is 4.24. The molecule has 0 atom stereocenters. The standard InChI is InChI=1S/C19H25Cl2N3O3S/c20-14-4-5-16(17(21)8-14)18(25)22-12-19(9-13-2-3-13)10-15(11-19)23-28(26,27)24-6-1-7-24/h4-5,8,13,15,23H,1-3,6-7,9-12H2,(H,22,25)/t15-,19-. The third-order valence-electron chi connectivity index (χ3n) is 6.05. The molecule has 0 bridgehead atoms. The Morgan fingerprint density at radius 1 is 1.21 bits per heavy atom. The lowest BCUT2D eigenvalue weighted by Gasteiger charge is -2.49. The number of amides is 1. The number of carbonyl (C=O) groups excluding carboxylic acids is 1. The van der Waals surface area contributed by atoms with E-state index in [1.54, 1.807) is 18.2 Å². The predicted octanol–water partition coefficient (Wildman–Crippen LogP) is 3.21. The molecule has 3 aliphatic rings. The van der Waals surface area contributed by atoms with Crippen LogP contribution < -0.4 is 10.0 Å². The summed E-state index contributed by atoms with van der Waals surface area (Å²) >= 11 is 12.0. The van der Waals surface area contributed by atoms with Crippen LogP contribution in [0, 0.1) is 11.3 Å². The summed E-state index contributed by atoms with van der Waals surface area (Å²) in [5.74, 6) is 0.477. The van der Waals surface area contributed by atoms with Crippen LogP contribution in [0.4, 0.5) is 0 Å². The molecule has 4 rings (SSSR count). The van der Waals surface area contributed by atoms with E-state index in [0.717, 1.165) is 25.7 Å². The molecule has 1 saturated heterocycles. The molecule has 0 radical (unpaired) electrons. The summed E-state index contributed by atoms with van der Waals surface area (Å²) in [7, 11) is -3.36. The predicted molar refractivity (Wildman–Crippen MR) is 110 cm³/mol. The van der Waals surface area contributed by atoms with Crippen molar-refractivity contribution >= 4 is 39.3 Å². The van der Waals surface area contributed by atoms with Crippen LogP contribution in [0.1, 0.15) is 48.9 Å². The summed E-state index contributed by atoms with van der Waals surface area (Å²) in [6, 6.07) is 4.77. The minimum absolute atomic E-state index is 0.0438. The number of nitrogens with one attached hydrogen (secondary N) is 2. The Morgan fingerprint density at radius 2 is 1.93 bits per heavy atom. The molecule has 0 spiro atoms. The summed E-state index contributed by atoms with van der Waals surface area (Å²) in [4.78, 5) is 12.6. The van der Waals surface area contributed by atoms with Crippen LogP contribution in [0.2, 0.25) is 10.0 Å². The Labute approximate surface area is 176 Å². The maximum atomic E-state index is 12.6. The molecule has 2 N–H and O–H groups in total. The third-order valence-corrected chi connectivity index (χ3v) is 8.27. The molecular formula is C19H25Cl2N3O3S. The van der Waals surface area contributed by atoms with Crippen molar-refractivity contribution < 1.29 is 13.2 Å². The van der Waals surface area contributed by atoms with E-state index in [1.807, 2.05) is 0 Å². The highest BCUT2D eigenvalue weighted by molar-refractivity contribution is 7.87. The Morgan fingerprint density at radius 3 is 2.50 bits per heavy atom.